The summed E-state index contributed by atoms with van der Waals surface area (Å²) in [5.41, 5.74) is 0. The highest BCUT2D eigenvalue weighted by Crippen LogP contribution is 2.16. The Labute approximate surface area is 114 Å². The van der Waals surface area contributed by atoms with Gasteiger partial charge < -0.3 is 17.3 Å². The molecule has 3 nitrogen and oxygen atoms in total. The first-order valence-electron chi connectivity index (χ1n) is 5.49. The zero-order valence-electron chi connectivity index (χ0n) is 10.2. The van der Waals surface area contributed by atoms with E-state index in [1.807, 2.05) is 6.08 Å². The summed E-state index contributed by atoms with van der Waals surface area (Å²) in [6.45, 7) is 0.397. The van der Waals surface area contributed by atoms with Crippen LogP contribution in [-0.2, 0) is 10.0 Å². The highest BCUT2D eigenvalue weighted by molar-refractivity contribution is 7.89. The molecule has 110 valence electrons. The Kier molecular flexibility index (Phi) is 5.38. The number of hydrogen-bond acceptors (Lipinski definition) is 2. The van der Waals surface area contributed by atoms with Gasteiger partial charge in [0.25, 0.3) is 10.0 Å². The van der Waals surface area contributed by atoms with Crippen LogP contribution < -0.4 is 0 Å². The third-order valence-electron chi connectivity index (χ3n) is 2.13. The Bertz CT molecular complexity index is 578. The Morgan fingerprint density at radius 2 is 1.55 bits per heavy atom. The average Bonchev–Trinajstić information content (AvgIpc) is 2.39. The molecule has 2 rings (SSSR count). The van der Waals surface area contributed by atoms with E-state index < -0.39 is 17.3 Å². The lowest BCUT2D eigenvalue weighted by atomic mass is 10.3. The van der Waals surface area contributed by atoms with Crippen LogP contribution in [-0.4, -0.2) is 26.5 Å². The second kappa shape index (κ2) is 6.60. The lowest BCUT2D eigenvalue weighted by Gasteiger charge is -2.20. The van der Waals surface area contributed by atoms with Gasteiger partial charge in [-0.1, -0.05) is 30.4 Å². The van der Waals surface area contributed by atoms with Crippen molar-refractivity contribution in [3.8, 4) is 0 Å². The normalized spacial score (nSPS) is 14.7. The number of nitrogens with zero attached hydrogens (tertiary/aromatic N) is 1. The van der Waals surface area contributed by atoms with Crippen LogP contribution in [0.2, 0.25) is 0 Å². The molecular formula is C11H11BF4NO2S-. The van der Waals surface area contributed by atoms with Gasteiger partial charge in [-0.25, -0.2) is 8.42 Å². The van der Waals surface area contributed by atoms with Gasteiger partial charge in [0, 0.05) is 6.20 Å². The first kappa shape index (κ1) is 16.3. The lowest BCUT2D eigenvalue weighted by Crippen LogP contribution is -2.27. The van der Waals surface area contributed by atoms with Crippen LogP contribution >= 0.6 is 0 Å². The lowest BCUT2D eigenvalue weighted by molar-refractivity contribution is 0.368. The predicted octanol–water partition coefficient (Wildman–Crippen LogP) is 3.06. The first-order chi connectivity index (χ1) is 9.21. The van der Waals surface area contributed by atoms with Crippen molar-refractivity contribution in [1.82, 2.24) is 4.31 Å². The van der Waals surface area contributed by atoms with Crippen molar-refractivity contribution in [2.24, 2.45) is 0 Å². The maximum absolute atomic E-state index is 12.0. The van der Waals surface area contributed by atoms with Gasteiger partial charge >= 0.3 is 7.25 Å². The molecule has 0 unspecified atom stereocenters. The van der Waals surface area contributed by atoms with Crippen molar-refractivity contribution in [3.63, 3.8) is 0 Å². The van der Waals surface area contributed by atoms with Crippen LogP contribution in [0.1, 0.15) is 0 Å². The van der Waals surface area contributed by atoms with E-state index in [1.54, 1.807) is 48.7 Å². The molecule has 0 spiro atoms. The summed E-state index contributed by atoms with van der Waals surface area (Å²) in [6, 6.07) is 8.43. The number of hydrogen-bond donors (Lipinski definition) is 0. The molecule has 20 heavy (non-hydrogen) atoms. The van der Waals surface area contributed by atoms with Gasteiger partial charge in [0.15, 0.2) is 0 Å². The number of halogens is 4. The summed E-state index contributed by atoms with van der Waals surface area (Å²) in [4.78, 5) is 0.324. The number of rotatable bonds is 2. The van der Waals surface area contributed by atoms with E-state index in [1.165, 1.54) is 4.31 Å². The molecule has 9 heteroatoms. The molecular weight excluding hydrogens is 297 g/mol. The van der Waals surface area contributed by atoms with E-state index in [-0.39, 0.29) is 0 Å². The van der Waals surface area contributed by atoms with Crippen molar-refractivity contribution in [1.29, 1.82) is 0 Å². The van der Waals surface area contributed by atoms with Crippen LogP contribution in [0.4, 0.5) is 17.3 Å². The fraction of sp³-hybridized carbons (Fsp3) is 0.0909. The molecule has 0 amide bonds. The van der Waals surface area contributed by atoms with Crippen molar-refractivity contribution < 1.29 is 25.7 Å². The van der Waals surface area contributed by atoms with Crippen LogP contribution in [0.15, 0.2) is 59.7 Å². The smallest absolute Gasteiger partial charge is 0.418 e. The molecule has 0 aromatic heterocycles. The molecule has 0 atom stereocenters. The summed E-state index contributed by atoms with van der Waals surface area (Å²) in [5, 5.41) is 0. The van der Waals surface area contributed by atoms with E-state index in [4.69, 9.17) is 0 Å². The molecule has 1 aliphatic rings. The zero-order valence-corrected chi connectivity index (χ0v) is 11.0. The average molecular weight is 308 g/mol. The standard InChI is InChI=1S/C11H11NO2S.BF4/c13-15(14,11-7-3-1-4-8-11)12-9-5-2-6-10-12;2-1(3,4)5/h1-9H,10H2;/q;-1. The highest BCUT2D eigenvalue weighted by Gasteiger charge is 2.21. The van der Waals surface area contributed by atoms with Gasteiger partial charge in [-0.2, -0.15) is 0 Å². The summed E-state index contributed by atoms with van der Waals surface area (Å²) >= 11 is 0. The summed E-state index contributed by atoms with van der Waals surface area (Å²) in [6.07, 6.45) is 6.92. The number of benzene rings is 1. The minimum absolute atomic E-state index is 0.324. The van der Waals surface area contributed by atoms with Gasteiger partial charge in [0.1, 0.15) is 0 Å². The van der Waals surface area contributed by atoms with E-state index in [9.17, 15) is 25.7 Å². The molecule has 0 N–H and O–H groups in total. The van der Waals surface area contributed by atoms with Crippen LogP contribution in [0.5, 0.6) is 0 Å². The first-order valence-corrected chi connectivity index (χ1v) is 6.93. The zero-order chi connectivity index (χ0) is 15.2. The molecule has 1 aromatic carbocycles. The molecule has 1 aromatic rings. The van der Waals surface area contributed by atoms with Gasteiger partial charge in [-0.3, -0.25) is 4.31 Å². The van der Waals surface area contributed by atoms with Crippen molar-refractivity contribution in [3.05, 3.63) is 54.8 Å². The Morgan fingerprint density at radius 3 is 2.00 bits per heavy atom. The van der Waals surface area contributed by atoms with E-state index in [0.717, 1.165) is 0 Å². The quantitative estimate of drug-likeness (QED) is 0.622. The Hall–Kier alpha value is -1.77. The molecule has 0 radical (unpaired) electrons. The van der Waals surface area contributed by atoms with Crippen molar-refractivity contribution >= 4 is 17.3 Å². The van der Waals surface area contributed by atoms with E-state index in [2.05, 4.69) is 0 Å². The second-order valence-electron chi connectivity index (χ2n) is 3.65. The fourth-order valence-corrected chi connectivity index (χ4v) is 2.64. The third-order valence-corrected chi connectivity index (χ3v) is 3.89. The maximum atomic E-state index is 12.0. The van der Waals surface area contributed by atoms with Crippen LogP contribution in [0.25, 0.3) is 0 Å². The van der Waals surface area contributed by atoms with Gasteiger partial charge in [0.2, 0.25) is 0 Å². The summed E-state index contributed by atoms with van der Waals surface area (Å²) < 4.78 is 64.4. The molecule has 0 bridgehead atoms. The van der Waals surface area contributed by atoms with Crippen molar-refractivity contribution in [2.75, 3.05) is 6.54 Å². The third kappa shape index (κ3) is 5.47. The molecule has 0 saturated carbocycles. The minimum atomic E-state index is -6.00. The maximum Gasteiger partial charge on any atom is 0.673 e. The van der Waals surface area contributed by atoms with E-state index >= 15 is 0 Å². The monoisotopic (exact) mass is 308 g/mol. The summed E-state index contributed by atoms with van der Waals surface area (Å²) in [5.74, 6) is 0. The van der Waals surface area contributed by atoms with Crippen LogP contribution in [0.3, 0.4) is 0 Å². The highest BCUT2D eigenvalue weighted by atomic mass is 32.2. The predicted molar refractivity (Wildman–Crippen MR) is 68.8 cm³/mol. The SMILES string of the molecule is F[B-](F)(F)F.O=S(=O)(c1ccccc1)N1C=CC=CC1. The molecule has 1 heterocycles. The molecule has 0 saturated heterocycles. The van der Waals surface area contributed by atoms with Gasteiger partial charge in [-0.05, 0) is 18.2 Å². The number of sulfonamides is 1. The minimum Gasteiger partial charge on any atom is -0.418 e. The molecule has 0 fully saturated rings. The second-order valence-corrected chi connectivity index (χ2v) is 5.54. The Morgan fingerprint density at radius 1 is 1.00 bits per heavy atom. The molecule has 0 aliphatic carbocycles. The van der Waals surface area contributed by atoms with Crippen molar-refractivity contribution in [2.45, 2.75) is 4.90 Å². The topological polar surface area (TPSA) is 37.4 Å². The Balaban J connectivity index is 0.000000347. The van der Waals surface area contributed by atoms with E-state index in [0.29, 0.717) is 11.4 Å². The van der Waals surface area contributed by atoms with Gasteiger partial charge in [0.05, 0.1) is 11.4 Å². The van der Waals surface area contributed by atoms with Gasteiger partial charge in [-0.15, -0.1) is 0 Å². The van der Waals surface area contributed by atoms with Crippen LogP contribution in [0, 0.1) is 0 Å². The largest absolute Gasteiger partial charge is 0.673 e. The molecule has 1 aliphatic heterocycles. The number of allylic oxidation sites excluding steroid dienone is 2. The fourth-order valence-electron chi connectivity index (χ4n) is 1.36. The summed E-state index contributed by atoms with van der Waals surface area (Å²) in [7, 11) is -9.37.